The van der Waals surface area contributed by atoms with Gasteiger partial charge in [-0.05, 0) is 60.5 Å². The summed E-state index contributed by atoms with van der Waals surface area (Å²) in [6.45, 7) is 1.38. The first-order chi connectivity index (χ1) is 18.4. The van der Waals surface area contributed by atoms with Gasteiger partial charge in [0.25, 0.3) is 5.56 Å². The Morgan fingerprint density at radius 2 is 1.66 bits per heavy atom. The summed E-state index contributed by atoms with van der Waals surface area (Å²) in [5, 5.41) is 0.881. The van der Waals surface area contributed by atoms with Crippen molar-refractivity contribution in [3.63, 3.8) is 0 Å². The number of rotatable bonds is 5. The predicted molar refractivity (Wildman–Crippen MR) is 149 cm³/mol. The minimum atomic E-state index is -0.460. The van der Waals surface area contributed by atoms with Crippen LogP contribution in [-0.4, -0.2) is 25.2 Å². The van der Waals surface area contributed by atoms with Crippen LogP contribution in [0.15, 0.2) is 82.4 Å². The van der Waals surface area contributed by atoms with E-state index in [1.165, 1.54) is 9.13 Å². The monoisotopic (exact) mass is 547 g/mol. The molecule has 0 spiro atoms. The van der Waals surface area contributed by atoms with Gasteiger partial charge in [0.1, 0.15) is 11.5 Å². The number of anilines is 2. The zero-order valence-electron chi connectivity index (χ0n) is 20.5. The Labute approximate surface area is 227 Å². The van der Waals surface area contributed by atoms with Crippen LogP contribution in [0.5, 0.6) is 11.5 Å². The molecule has 0 aliphatic carbocycles. The fourth-order valence-electron chi connectivity index (χ4n) is 4.79. The normalized spacial score (nSPS) is 13.1. The van der Waals surface area contributed by atoms with Crippen LogP contribution in [0.3, 0.4) is 0 Å². The Bertz CT molecular complexity index is 1780. The maximum atomic E-state index is 13.7. The first-order valence-electron chi connectivity index (χ1n) is 12.2. The average Bonchev–Trinajstić information content (AvgIpc) is 3.32. The lowest BCUT2D eigenvalue weighted by molar-refractivity contribution is 0.482. The largest absolute Gasteiger partial charge is 0.457 e. The number of nitrogens with zero attached hydrogens (tertiary/aromatic N) is 5. The van der Waals surface area contributed by atoms with E-state index in [0.29, 0.717) is 39.3 Å². The number of hydrogen-bond donors (Lipinski definition) is 0. The molecule has 0 fully saturated rings. The molecule has 3 aromatic carbocycles. The summed E-state index contributed by atoms with van der Waals surface area (Å²) in [7, 11) is 1.63. The Morgan fingerprint density at radius 1 is 0.921 bits per heavy atom. The number of para-hydroxylation sites is 1. The van der Waals surface area contributed by atoms with Gasteiger partial charge in [0.15, 0.2) is 11.2 Å². The molecule has 2 aromatic heterocycles. The first-order valence-corrected chi connectivity index (χ1v) is 12.9. The number of fused-ring (bicyclic) bond motifs is 3. The highest BCUT2D eigenvalue weighted by Crippen LogP contribution is 2.33. The number of halogens is 2. The summed E-state index contributed by atoms with van der Waals surface area (Å²) in [5.41, 5.74) is 1.43. The number of benzene rings is 3. The summed E-state index contributed by atoms with van der Waals surface area (Å²) in [6, 6.07) is 22.3. The van der Waals surface area contributed by atoms with Gasteiger partial charge in [-0.3, -0.25) is 13.9 Å². The second kappa shape index (κ2) is 9.70. The Balaban J connectivity index is 1.39. The maximum Gasteiger partial charge on any atom is 0.332 e. The van der Waals surface area contributed by atoms with Crippen LogP contribution in [-0.2, 0) is 20.1 Å². The fraction of sp³-hybridized carbons (Fsp3) is 0.179. The van der Waals surface area contributed by atoms with Crippen molar-refractivity contribution in [1.29, 1.82) is 0 Å². The average molecular weight is 548 g/mol. The van der Waals surface area contributed by atoms with Gasteiger partial charge < -0.3 is 14.2 Å². The molecule has 38 heavy (non-hydrogen) atoms. The molecule has 1 aliphatic heterocycles. The maximum absolute atomic E-state index is 13.7. The molecule has 192 valence electrons. The van der Waals surface area contributed by atoms with Crippen LogP contribution in [0.25, 0.3) is 11.2 Å². The summed E-state index contributed by atoms with van der Waals surface area (Å²) in [4.78, 5) is 33.7. The van der Waals surface area contributed by atoms with E-state index in [2.05, 4.69) is 4.90 Å². The lowest BCUT2D eigenvalue weighted by Crippen LogP contribution is -2.40. The highest BCUT2D eigenvalue weighted by Gasteiger charge is 2.27. The van der Waals surface area contributed by atoms with Crippen LogP contribution in [0.2, 0.25) is 10.0 Å². The second-order valence-electron chi connectivity index (χ2n) is 9.12. The molecule has 6 rings (SSSR count). The molecule has 0 N–H and O–H groups in total. The fourth-order valence-corrected chi connectivity index (χ4v) is 5.26. The summed E-state index contributed by atoms with van der Waals surface area (Å²) < 4.78 is 10.4. The van der Waals surface area contributed by atoms with Crippen molar-refractivity contribution in [2.75, 3.05) is 11.4 Å². The molecule has 5 aromatic rings. The van der Waals surface area contributed by atoms with Gasteiger partial charge in [-0.1, -0.05) is 47.5 Å². The van der Waals surface area contributed by atoms with Gasteiger partial charge in [0.2, 0.25) is 5.95 Å². The van der Waals surface area contributed by atoms with Crippen molar-refractivity contribution in [2.24, 2.45) is 7.05 Å². The third-order valence-electron chi connectivity index (χ3n) is 6.69. The molecular formula is C28H23Cl2N5O3. The summed E-state index contributed by atoms with van der Waals surface area (Å²) in [5.74, 6) is 2.10. The van der Waals surface area contributed by atoms with Crippen molar-refractivity contribution in [3.8, 4) is 11.5 Å². The molecular weight excluding hydrogens is 525 g/mol. The summed E-state index contributed by atoms with van der Waals surface area (Å²) in [6.07, 6.45) is 0.812. The van der Waals surface area contributed by atoms with Crippen LogP contribution >= 0.6 is 23.2 Å². The minimum absolute atomic E-state index is 0.0323. The van der Waals surface area contributed by atoms with E-state index in [1.54, 1.807) is 25.2 Å². The topological polar surface area (TPSA) is 74.3 Å². The first kappa shape index (κ1) is 24.3. The lowest BCUT2D eigenvalue weighted by atomic mass is 10.2. The molecule has 3 heterocycles. The van der Waals surface area contributed by atoms with Crippen LogP contribution in [0, 0.1) is 0 Å². The zero-order valence-corrected chi connectivity index (χ0v) is 22.0. The van der Waals surface area contributed by atoms with Crippen molar-refractivity contribution in [1.82, 2.24) is 18.7 Å². The molecule has 0 radical (unpaired) electrons. The number of imidazole rings is 1. The van der Waals surface area contributed by atoms with Crippen molar-refractivity contribution in [3.05, 3.63) is 109 Å². The molecule has 0 amide bonds. The van der Waals surface area contributed by atoms with Gasteiger partial charge in [-0.2, -0.15) is 4.98 Å². The number of aryl methyl sites for hydroxylation is 2. The van der Waals surface area contributed by atoms with Crippen molar-refractivity contribution >= 4 is 46.0 Å². The quantitative estimate of drug-likeness (QED) is 0.287. The van der Waals surface area contributed by atoms with E-state index in [9.17, 15) is 9.59 Å². The van der Waals surface area contributed by atoms with E-state index >= 15 is 0 Å². The highest BCUT2D eigenvalue weighted by atomic mass is 35.5. The molecule has 8 nitrogen and oxygen atoms in total. The third-order valence-corrected chi connectivity index (χ3v) is 7.27. The van der Waals surface area contributed by atoms with Gasteiger partial charge in [-0.15, -0.1) is 0 Å². The predicted octanol–water partition coefficient (Wildman–Crippen LogP) is 5.59. The van der Waals surface area contributed by atoms with Crippen LogP contribution in [0.1, 0.15) is 12.0 Å². The van der Waals surface area contributed by atoms with E-state index in [-0.39, 0.29) is 6.54 Å². The smallest absolute Gasteiger partial charge is 0.332 e. The molecule has 1 aliphatic rings. The van der Waals surface area contributed by atoms with Gasteiger partial charge >= 0.3 is 5.69 Å². The second-order valence-corrected chi connectivity index (χ2v) is 9.96. The van der Waals surface area contributed by atoms with Crippen molar-refractivity contribution < 1.29 is 4.74 Å². The standard InChI is InChI=1S/C28H23Cl2N5O3/c1-32-25-24(26(36)35(28(32)37)17-18-8-9-19(29)16-23(18)30)34-15-5-14-33(27(34)31-25)20-10-12-22(13-11-20)38-21-6-3-2-4-7-21/h2-4,6-13,16H,5,14-15,17H2,1H3. The Hall–Kier alpha value is -4.01. The van der Waals surface area contributed by atoms with E-state index < -0.39 is 11.2 Å². The van der Waals surface area contributed by atoms with Crippen molar-refractivity contribution in [2.45, 2.75) is 19.5 Å². The Kier molecular flexibility index (Phi) is 6.21. The molecule has 10 heteroatoms. The number of aromatic nitrogens is 4. The molecule has 0 saturated carbocycles. The summed E-state index contributed by atoms with van der Waals surface area (Å²) >= 11 is 12.4. The SMILES string of the molecule is Cn1c(=O)n(Cc2ccc(Cl)cc2Cl)c(=O)c2c1nc1n2CCCN1c1ccc(Oc2ccccc2)cc1. The van der Waals surface area contributed by atoms with E-state index in [0.717, 1.165) is 30.2 Å². The number of hydrogen-bond acceptors (Lipinski definition) is 5. The molecule has 0 atom stereocenters. The third kappa shape index (κ3) is 4.25. The van der Waals surface area contributed by atoms with Crippen LogP contribution in [0.4, 0.5) is 11.6 Å². The van der Waals surface area contributed by atoms with Gasteiger partial charge in [0, 0.05) is 35.9 Å². The zero-order chi connectivity index (χ0) is 26.4. The highest BCUT2D eigenvalue weighted by molar-refractivity contribution is 6.35. The van der Waals surface area contributed by atoms with Crippen LogP contribution < -0.4 is 20.9 Å². The minimum Gasteiger partial charge on any atom is -0.457 e. The molecule has 0 unspecified atom stereocenters. The van der Waals surface area contributed by atoms with E-state index in [4.69, 9.17) is 32.9 Å². The van der Waals surface area contributed by atoms with E-state index in [1.807, 2.05) is 59.2 Å². The molecule has 0 saturated heterocycles. The lowest BCUT2D eigenvalue weighted by Gasteiger charge is -2.29. The van der Waals surface area contributed by atoms with Gasteiger partial charge in [0.05, 0.1) is 6.54 Å². The Morgan fingerprint density at radius 3 is 2.39 bits per heavy atom. The van der Waals surface area contributed by atoms with Gasteiger partial charge in [-0.25, -0.2) is 4.79 Å². The number of ether oxygens (including phenoxy) is 1. The molecule has 0 bridgehead atoms.